The monoisotopic (exact) mass is 337 g/mol. The van der Waals surface area contributed by atoms with E-state index >= 15 is 0 Å². The van der Waals surface area contributed by atoms with Crippen molar-refractivity contribution < 1.29 is 23.1 Å². The highest BCUT2D eigenvalue weighted by molar-refractivity contribution is 5.96. The first kappa shape index (κ1) is 18.0. The summed E-state index contributed by atoms with van der Waals surface area (Å²) in [5, 5.41) is 9.38. The molecular formula is C18H18F3NO2. The van der Waals surface area contributed by atoms with E-state index in [2.05, 4.69) is 0 Å². The SMILES string of the molecule is CC(c1cc(-c2ccccc2)c(C(=O)O)cc1C(F)(F)F)N(C)C. The number of nitrogens with zero attached hydrogens (tertiary/aromatic N) is 1. The Morgan fingerprint density at radius 2 is 1.71 bits per heavy atom. The molecule has 0 aliphatic carbocycles. The number of aromatic carboxylic acids is 1. The molecule has 0 fully saturated rings. The Balaban J connectivity index is 2.81. The number of hydrogen-bond donors (Lipinski definition) is 1. The zero-order valence-corrected chi connectivity index (χ0v) is 13.6. The van der Waals surface area contributed by atoms with Crippen molar-refractivity contribution in [3.05, 3.63) is 59.2 Å². The van der Waals surface area contributed by atoms with Crippen LogP contribution in [0.5, 0.6) is 0 Å². The Labute approximate surface area is 138 Å². The van der Waals surface area contributed by atoms with Gasteiger partial charge in [-0.1, -0.05) is 30.3 Å². The van der Waals surface area contributed by atoms with Gasteiger partial charge in [-0.25, -0.2) is 4.79 Å². The molecule has 6 heteroatoms. The second kappa shape index (κ2) is 6.65. The average molecular weight is 337 g/mol. The van der Waals surface area contributed by atoms with Crippen LogP contribution in [0.15, 0.2) is 42.5 Å². The molecule has 24 heavy (non-hydrogen) atoms. The van der Waals surface area contributed by atoms with Crippen molar-refractivity contribution in [1.29, 1.82) is 0 Å². The fourth-order valence-electron chi connectivity index (χ4n) is 2.52. The lowest BCUT2D eigenvalue weighted by atomic mass is 9.90. The van der Waals surface area contributed by atoms with Gasteiger partial charge in [0.25, 0.3) is 0 Å². The maximum atomic E-state index is 13.4. The van der Waals surface area contributed by atoms with Crippen molar-refractivity contribution in [1.82, 2.24) is 4.90 Å². The lowest BCUT2D eigenvalue weighted by Gasteiger charge is -2.25. The van der Waals surface area contributed by atoms with Crippen LogP contribution >= 0.6 is 0 Å². The van der Waals surface area contributed by atoms with Crippen LogP contribution in [0.25, 0.3) is 11.1 Å². The first-order chi connectivity index (χ1) is 11.1. The summed E-state index contributed by atoms with van der Waals surface area (Å²) in [6.07, 6.45) is -4.63. The lowest BCUT2D eigenvalue weighted by Crippen LogP contribution is -2.22. The third-order valence-electron chi connectivity index (χ3n) is 4.03. The fraction of sp³-hybridized carbons (Fsp3) is 0.278. The van der Waals surface area contributed by atoms with E-state index in [1.165, 1.54) is 6.07 Å². The van der Waals surface area contributed by atoms with E-state index < -0.39 is 23.8 Å². The first-order valence-electron chi connectivity index (χ1n) is 7.33. The Morgan fingerprint density at radius 3 is 2.17 bits per heavy atom. The van der Waals surface area contributed by atoms with Gasteiger partial charge < -0.3 is 10.0 Å². The summed E-state index contributed by atoms with van der Waals surface area (Å²) in [5.74, 6) is -1.39. The number of carboxylic acids is 1. The van der Waals surface area contributed by atoms with E-state index in [1.807, 2.05) is 0 Å². The van der Waals surface area contributed by atoms with Crippen LogP contribution in [0.4, 0.5) is 13.2 Å². The molecule has 0 amide bonds. The molecule has 0 saturated heterocycles. The summed E-state index contributed by atoms with van der Waals surface area (Å²) < 4.78 is 40.3. The van der Waals surface area contributed by atoms with E-state index in [-0.39, 0.29) is 16.7 Å². The Hall–Kier alpha value is -2.34. The molecule has 0 aliphatic rings. The van der Waals surface area contributed by atoms with Gasteiger partial charge in [0, 0.05) is 6.04 Å². The third-order valence-corrected chi connectivity index (χ3v) is 4.03. The number of hydrogen-bond acceptors (Lipinski definition) is 2. The molecule has 1 N–H and O–H groups in total. The van der Waals surface area contributed by atoms with Gasteiger partial charge in [-0.15, -0.1) is 0 Å². The average Bonchev–Trinajstić information content (AvgIpc) is 2.52. The highest BCUT2D eigenvalue weighted by atomic mass is 19.4. The summed E-state index contributed by atoms with van der Waals surface area (Å²) in [7, 11) is 3.36. The Kier molecular flexibility index (Phi) is 4.99. The van der Waals surface area contributed by atoms with Crippen LogP contribution in [0, 0.1) is 0 Å². The number of carbonyl (C=O) groups is 1. The third kappa shape index (κ3) is 3.59. The summed E-state index contributed by atoms with van der Waals surface area (Å²) in [6.45, 7) is 1.65. The smallest absolute Gasteiger partial charge is 0.416 e. The standard InChI is InChI=1S/C18H18F3NO2/c1-11(22(2)3)13-9-14(12-7-5-4-6-8-12)15(17(23)24)10-16(13)18(19,20)21/h4-11H,1-3H3,(H,23,24). The second-order valence-electron chi connectivity index (χ2n) is 5.79. The van der Waals surface area contributed by atoms with Crippen LogP contribution < -0.4 is 0 Å². The highest BCUT2D eigenvalue weighted by Crippen LogP contribution is 2.39. The number of halogens is 3. The predicted molar refractivity (Wildman–Crippen MR) is 85.9 cm³/mol. The summed E-state index contributed by atoms with van der Waals surface area (Å²) in [5.41, 5.74) is -0.379. The van der Waals surface area contributed by atoms with E-state index in [1.54, 1.807) is 56.3 Å². The molecule has 2 aromatic rings. The fourth-order valence-corrected chi connectivity index (χ4v) is 2.52. The molecule has 1 atom stereocenters. The van der Waals surface area contributed by atoms with Crippen LogP contribution in [0.3, 0.4) is 0 Å². The maximum absolute atomic E-state index is 13.4. The maximum Gasteiger partial charge on any atom is 0.416 e. The van der Waals surface area contributed by atoms with Crippen molar-refractivity contribution in [3.8, 4) is 11.1 Å². The molecule has 0 spiro atoms. The molecular weight excluding hydrogens is 319 g/mol. The number of rotatable bonds is 4. The Morgan fingerprint density at radius 1 is 1.12 bits per heavy atom. The molecule has 0 aliphatic heterocycles. The van der Waals surface area contributed by atoms with E-state index in [9.17, 15) is 23.1 Å². The van der Waals surface area contributed by atoms with E-state index in [0.717, 1.165) is 6.07 Å². The van der Waals surface area contributed by atoms with Crippen LogP contribution in [0.1, 0.15) is 34.5 Å². The minimum atomic E-state index is -4.63. The summed E-state index contributed by atoms with van der Waals surface area (Å²) in [4.78, 5) is 13.2. The molecule has 0 aromatic heterocycles. The van der Waals surface area contributed by atoms with Gasteiger partial charge in [-0.3, -0.25) is 0 Å². The minimum Gasteiger partial charge on any atom is -0.478 e. The predicted octanol–water partition coefficient (Wildman–Crippen LogP) is 4.69. The number of benzene rings is 2. The van der Waals surface area contributed by atoms with Crippen molar-refractivity contribution >= 4 is 5.97 Å². The van der Waals surface area contributed by atoms with Gasteiger partial charge in [-0.2, -0.15) is 13.2 Å². The van der Waals surface area contributed by atoms with Gasteiger partial charge in [0.2, 0.25) is 0 Å². The largest absolute Gasteiger partial charge is 0.478 e. The van der Waals surface area contributed by atoms with Gasteiger partial charge >= 0.3 is 12.1 Å². The number of carboxylic acid groups (broad SMARTS) is 1. The molecule has 2 rings (SSSR count). The van der Waals surface area contributed by atoms with Gasteiger partial charge in [0.15, 0.2) is 0 Å². The highest BCUT2D eigenvalue weighted by Gasteiger charge is 2.36. The molecule has 1 unspecified atom stereocenters. The van der Waals surface area contributed by atoms with Gasteiger partial charge in [0.05, 0.1) is 11.1 Å². The van der Waals surface area contributed by atoms with Crippen LogP contribution in [-0.2, 0) is 6.18 Å². The van der Waals surface area contributed by atoms with Gasteiger partial charge in [0.1, 0.15) is 0 Å². The van der Waals surface area contributed by atoms with Crippen molar-refractivity contribution in [2.75, 3.05) is 14.1 Å². The first-order valence-corrected chi connectivity index (χ1v) is 7.33. The zero-order chi connectivity index (χ0) is 18.1. The summed E-state index contributed by atoms with van der Waals surface area (Å²) in [6, 6.07) is 10.1. The van der Waals surface area contributed by atoms with Gasteiger partial charge in [-0.05, 0) is 49.8 Å². The zero-order valence-electron chi connectivity index (χ0n) is 13.6. The molecule has 0 bridgehead atoms. The molecule has 0 saturated carbocycles. The minimum absolute atomic E-state index is 0.0522. The van der Waals surface area contributed by atoms with Crippen molar-refractivity contribution in [2.45, 2.75) is 19.1 Å². The van der Waals surface area contributed by atoms with E-state index in [4.69, 9.17) is 0 Å². The molecule has 0 heterocycles. The van der Waals surface area contributed by atoms with Crippen LogP contribution in [-0.4, -0.2) is 30.1 Å². The summed E-state index contributed by atoms with van der Waals surface area (Å²) >= 11 is 0. The topological polar surface area (TPSA) is 40.5 Å². The second-order valence-corrected chi connectivity index (χ2v) is 5.79. The normalized spacial score (nSPS) is 13.1. The number of alkyl halides is 3. The lowest BCUT2D eigenvalue weighted by molar-refractivity contribution is -0.138. The molecule has 0 radical (unpaired) electrons. The molecule has 3 nitrogen and oxygen atoms in total. The van der Waals surface area contributed by atoms with Crippen molar-refractivity contribution in [3.63, 3.8) is 0 Å². The van der Waals surface area contributed by atoms with E-state index in [0.29, 0.717) is 5.56 Å². The van der Waals surface area contributed by atoms with Crippen LogP contribution in [0.2, 0.25) is 0 Å². The molecule has 128 valence electrons. The quantitative estimate of drug-likeness (QED) is 0.880. The van der Waals surface area contributed by atoms with Crippen molar-refractivity contribution in [2.24, 2.45) is 0 Å². The molecule has 2 aromatic carbocycles. The Bertz CT molecular complexity index is 740.